The van der Waals surface area contributed by atoms with Crippen molar-refractivity contribution in [1.82, 2.24) is 19.8 Å². The minimum absolute atomic E-state index is 0.119. The predicted molar refractivity (Wildman–Crippen MR) is 116 cm³/mol. The second kappa shape index (κ2) is 8.29. The number of benzene rings is 2. The molecule has 29 heavy (non-hydrogen) atoms. The van der Waals surface area contributed by atoms with Crippen molar-refractivity contribution < 1.29 is 4.79 Å². The van der Waals surface area contributed by atoms with Gasteiger partial charge in [0.2, 0.25) is 11.1 Å². The number of nitrogens with one attached hydrogen (secondary N) is 1. The second-order valence-corrected chi connectivity index (χ2v) is 8.18. The first-order valence-corrected chi connectivity index (χ1v) is 10.8. The SMILES string of the molecule is CCN(CC)C(=O)[C@H]1Sc2nnc(-c3ccccc3)n2N[C@H]1c1ccc(C)cc1. The molecule has 0 spiro atoms. The molecule has 0 saturated heterocycles. The number of aromatic nitrogens is 3. The number of amides is 1. The van der Waals surface area contributed by atoms with Crippen molar-refractivity contribution in [2.75, 3.05) is 18.5 Å². The van der Waals surface area contributed by atoms with E-state index in [0.29, 0.717) is 18.2 Å². The van der Waals surface area contributed by atoms with E-state index in [4.69, 9.17) is 0 Å². The summed E-state index contributed by atoms with van der Waals surface area (Å²) >= 11 is 1.48. The van der Waals surface area contributed by atoms with Crippen LogP contribution in [0.3, 0.4) is 0 Å². The zero-order valence-corrected chi connectivity index (χ0v) is 17.7. The van der Waals surface area contributed by atoms with Gasteiger partial charge in [0.05, 0.1) is 6.04 Å². The Kier molecular flexibility index (Phi) is 5.58. The summed E-state index contributed by atoms with van der Waals surface area (Å²) in [5.41, 5.74) is 6.79. The lowest BCUT2D eigenvalue weighted by atomic mass is 10.0. The Morgan fingerprint density at radius 1 is 1.07 bits per heavy atom. The summed E-state index contributed by atoms with van der Waals surface area (Å²) in [6.45, 7) is 7.47. The van der Waals surface area contributed by atoms with Gasteiger partial charge in [-0.05, 0) is 26.3 Å². The summed E-state index contributed by atoms with van der Waals surface area (Å²) < 4.78 is 1.91. The van der Waals surface area contributed by atoms with Gasteiger partial charge in [-0.25, -0.2) is 4.68 Å². The maximum Gasteiger partial charge on any atom is 0.238 e. The van der Waals surface area contributed by atoms with Crippen LogP contribution in [0.25, 0.3) is 11.4 Å². The van der Waals surface area contributed by atoms with Crippen LogP contribution in [0.5, 0.6) is 0 Å². The van der Waals surface area contributed by atoms with Crippen LogP contribution in [0.4, 0.5) is 0 Å². The van der Waals surface area contributed by atoms with Gasteiger partial charge in [0.15, 0.2) is 5.82 Å². The van der Waals surface area contributed by atoms with E-state index in [1.807, 2.05) is 53.8 Å². The van der Waals surface area contributed by atoms with E-state index in [1.165, 1.54) is 17.3 Å². The number of fused-ring (bicyclic) bond motifs is 1. The Morgan fingerprint density at radius 2 is 1.76 bits per heavy atom. The molecule has 0 unspecified atom stereocenters. The maximum absolute atomic E-state index is 13.3. The lowest BCUT2D eigenvalue weighted by Crippen LogP contribution is -2.46. The number of hydrogen-bond acceptors (Lipinski definition) is 5. The summed E-state index contributed by atoms with van der Waals surface area (Å²) in [5.74, 6) is 0.868. The summed E-state index contributed by atoms with van der Waals surface area (Å²) in [6.07, 6.45) is 0. The minimum Gasteiger partial charge on any atom is -0.342 e. The summed E-state index contributed by atoms with van der Waals surface area (Å²) in [5, 5.41) is 9.15. The molecule has 2 heterocycles. The number of nitrogens with zero attached hydrogens (tertiary/aromatic N) is 4. The topological polar surface area (TPSA) is 63.1 Å². The molecule has 2 aromatic carbocycles. The number of aryl methyl sites for hydroxylation is 1. The molecule has 4 rings (SSSR count). The van der Waals surface area contributed by atoms with Crippen molar-refractivity contribution in [2.24, 2.45) is 0 Å². The first-order chi connectivity index (χ1) is 14.1. The van der Waals surface area contributed by atoms with Gasteiger partial charge in [0.1, 0.15) is 5.25 Å². The van der Waals surface area contributed by atoms with Gasteiger partial charge in [-0.15, -0.1) is 10.2 Å². The van der Waals surface area contributed by atoms with Gasteiger partial charge < -0.3 is 10.3 Å². The van der Waals surface area contributed by atoms with Gasteiger partial charge in [-0.3, -0.25) is 4.79 Å². The Bertz CT molecular complexity index is 982. The Hall–Kier alpha value is -2.80. The highest BCUT2D eigenvalue weighted by Gasteiger charge is 2.39. The summed E-state index contributed by atoms with van der Waals surface area (Å²) in [6, 6.07) is 18.1. The molecule has 1 amide bonds. The van der Waals surface area contributed by atoms with Crippen molar-refractivity contribution in [3.8, 4) is 11.4 Å². The smallest absolute Gasteiger partial charge is 0.238 e. The molecule has 0 aliphatic carbocycles. The van der Waals surface area contributed by atoms with Crippen LogP contribution < -0.4 is 5.43 Å². The maximum atomic E-state index is 13.3. The molecule has 1 aliphatic heterocycles. The standard InChI is InChI=1S/C22H25N5OS/c1-4-26(5-2)21(28)19-18(16-13-11-15(3)12-14-16)25-27-20(23-24-22(27)29-19)17-9-7-6-8-10-17/h6-14,18-19,25H,4-5H2,1-3H3/t18-,19-/m0/s1. The van der Waals surface area contributed by atoms with Crippen LogP contribution in [0.15, 0.2) is 59.8 Å². The fourth-order valence-electron chi connectivity index (χ4n) is 3.56. The van der Waals surface area contributed by atoms with Crippen LogP contribution in [0.2, 0.25) is 0 Å². The first-order valence-electron chi connectivity index (χ1n) is 9.91. The van der Waals surface area contributed by atoms with Crippen LogP contribution in [0.1, 0.15) is 31.0 Å². The number of thioether (sulfide) groups is 1. The lowest BCUT2D eigenvalue weighted by molar-refractivity contribution is -0.130. The van der Waals surface area contributed by atoms with Crippen LogP contribution >= 0.6 is 11.8 Å². The van der Waals surface area contributed by atoms with E-state index in [2.05, 4.69) is 46.8 Å². The van der Waals surface area contributed by atoms with Gasteiger partial charge in [0, 0.05) is 18.7 Å². The Morgan fingerprint density at radius 3 is 2.41 bits per heavy atom. The molecule has 1 N–H and O–H groups in total. The van der Waals surface area contributed by atoms with E-state index in [-0.39, 0.29) is 17.2 Å². The Labute approximate surface area is 175 Å². The van der Waals surface area contributed by atoms with E-state index >= 15 is 0 Å². The number of carbonyl (C=O) groups excluding carboxylic acids is 1. The monoisotopic (exact) mass is 407 g/mol. The van der Waals surface area contributed by atoms with Crippen LogP contribution in [-0.4, -0.2) is 44.0 Å². The zero-order chi connectivity index (χ0) is 20.4. The predicted octanol–water partition coefficient (Wildman–Crippen LogP) is 3.88. The van der Waals surface area contributed by atoms with E-state index in [1.54, 1.807) is 0 Å². The molecule has 6 nitrogen and oxygen atoms in total. The van der Waals surface area contributed by atoms with Gasteiger partial charge in [-0.2, -0.15) is 0 Å². The van der Waals surface area contributed by atoms with Crippen LogP contribution in [-0.2, 0) is 4.79 Å². The molecule has 7 heteroatoms. The van der Waals surface area contributed by atoms with Crippen molar-refractivity contribution in [2.45, 2.75) is 37.2 Å². The van der Waals surface area contributed by atoms with Crippen molar-refractivity contribution in [3.63, 3.8) is 0 Å². The minimum atomic E-state index is -0.307. The summed E-state index contributed by atoms with van der Waals surface area (Å²) in [7, 11) is 0. The van der Waals surface area contributed by atoms with Gasteiger partial charge in [0.25, 0.3) is 0 Å². The highest BCUT2D eigenvalue weighted by molar-refractivity contribution is 8.00. The van der Waals surface area contributed by atoms with Crippen molar-refractivity contribution in [1.29, 1.82) is 0 Å². The number of carbonyl (C=O) groups is 1. The fourth-order valence-corrected chi connectivity index (χ4v) is 4.72. The molecule has 150 valence electrons. The average molecular weight is 408 g/mol. The lowest BCUT2D eigenvalue weighted by Gasteiger charge is -2.35. The molecule has 0 fully saturated rings. The average Bonchev–Trinajstić information content (AvgIpc) is 3.18. The zero-order valence-electron chi connectivity index (χ0n) is 16.9. The first kappa shape index (κ1) is 19.5. The van der Waals surface area contributed by atoms with E-state index in [0.717, 1.165) is 17.0 Å². The van der Waals surface area contributed by atoms with E-state index in [9.17, 15) is 4.79 Å². The molecule has 1 aliphatic rings. The molecule has 0 saturated carbocycles. The highest BCUT2D eigenvalue weighted by atomic mass is 32.2. The van der Waals surface area contributed by atoms with Crippen LogP contribution in [0, 0.1) is 6.92 Å². The molecular weight excluding hydrogens is 382 g/mol. The third kappa shape index (κ3) is 3.74. The Balaban J connectivity index is 1.76. The van der Waals surface area contributed by atoms with E-state index < -0.39 is 0 Å². The number of hydrogen-bond donors (Lipinski definition) is 1. The molecular formula is C22H25N5OS. The second-order valence-electron chi connectivity index (χ2n) is 7.07. The molecule has 1 aromatic heterocycles. The van der Waals surface area contributed by atoms with Gasteiger partial charge in [-0.1, -0.05) is 71.9 Å². The highest BCUT2D eigenvalue weighted by Crippen LogP contribution is 2.39. The molecule has 2 atom stereocenters. The summed E-state index contributed by atoms with van der Waals surface area (Å²) in [4.78, 5) is 15.2. The molecule has 0 bridgehead atoms. The largest absolute Gasteiger partial charge is 0.342 e. The third-order valence-electron chi connectivity index (χ3n) is 5.22. The quantitative estimate of drug-likeness (QED) is 0.695. The molecule has 3 aromatic rings. The normalized spacial score (nSPS) is 18.0. The van der Waals surface area contributed by atoms with Crippen molar-refractivity contribution >= 4 is 17.7 Å². The van der Waals surface area contributed by atoms with Crippen molar-refractivity contribution in [3.05, 3.63) is 65.7 Å². The number of rotatable bonds is 5. The third-order valence-corrected chi connectivity index (χ3v) is 6.43. The molecule has 0 radical (unpaired) electrons. The van der Waals surface area contributed by atoms with Gasteiger partial charge >= 0.3 is 0 Å². The fraction of sp³-hybridized carbons (Fsp3) is 0.318.